The Morgan fingerprint density at radius 2 is 1.98 bits per heavy atom. The number of carbonyl (C=O) groups is 5. The minimum Gasteiger partial charge on any atom is -0.478 e. The fourth-order valence-corrected chi connectivity index (χ4v) is 6.03. The molecule has 4 rings (SSSR count). The van der Waals surface area contributed by atoms with Gasteiger partial charge in [-0.25, -0.2) is 14.4 Å². The Hall–Kier alpha value is -4.96. The van der Waals surface area contributed by atoms with Gasteiger partial charge in [-0.15, -0.1) is 21.1 Å². The van der Waals surface area contributed by atoms with Gasteiger partial charge in [-0.1, -0.05) is 5.16 Å². The first-order valence-corrected chi connectivity index (χ1v) is 15.4. The summed E-state index contributed by atoms with van der Waals surface area (Å²) in [5.41, 5.74) is 15.3. The Labute approximate surface area is 269 Å². The molecule has 22 heteroatoms. The zero-order valence-electron chi connectivity index (χ0n) is 24.8. The second-order valence-corrected chi connectivity index (χ2v) is 12.4. The van der Waals surface area contributed by atoms with E-state index in [1.54, 1.807) is 11.7 Å². The van der Waals surface area contributed by atoms with Gasteiger partial charge in [0, 0.05) is 29.4 Å². The van der Waals surface area contributed by atoms with Crippen LogP contribution in [0.4, 0.5) is 21.4 Å². The van der Waals surface area contributed by atoms with E-state index in [4.69, 9.17) is 22.0 Å². The van der Waals surface area contributed by atoms with Crippen LogP contribution < -0.4 is 37.8 Å². The van der Waals surface area contributed by atoms with E-state index in [2.05, 4.69) is 30.5 Å². The van der Waals surface area contributed by atoms with Crippen molar-refractivity contribution < 1.29 is 43.7 Å². The van der Waals surface area contributed by atoms with Crippen molar-refractivity contribution in [3.8, 4) is 0 Å². The Bertz CT molecular complexity index is 1630. The molecule has 0 bridgehead atoms. The molecule has 20 nitrogen and oxygen atoms in total. The minimum atomic E-state index is -1.82. The summed E-state index contributed by atoms with van der Waals surface area (Å²) in [5.74, 6) is -4.26. The minimum absolute atomic E-state index is 0.00276. The van der Waals surface area contributed by atoms with E-state index in [1.165, 1.54) is 36.5 Å². The second-order valence-electron chi connectivity index (χ2n) is 10.5. The van der Waals surface area contributed by atoms with Gasteiger partial charge in [0.05, 0.1) is 7.05 Å². The summed E-state index contributed by atoms with van der Waals surface area (Å²) >= 11 is 1.97. The largest absolute Gasteiger partial charge is 0.478 e. The number of hydrogen-bond acceptors (Lipinski definition) is 14. The second kappa shape index (κ2) is 13.6. The number of hydrogen-bond donors (Lipinski definition) is 8. The standard InChI is InChI=1S/C24H32N12O8S2/c1-24(2,21(41)42)44-32-12(16-31-22(27)46-33-16)17(37)30-13-18(38)36-14(20(39)40)10(9-45-19(13)36)7-35-8-11(15(26)34(35)3)29-23(43)28-6-4-5-25/h8,13,19,26H,4-7,9,25H2,1-3H3,(H7,27,28,29,30,31,33,37,39,40,41,42,43)/p+1/b32-12-/t13-,19-/m1/s1. The van der Waals surface area contributed by atoms with E-state index in [-0.39, 0.29) is 34.8 Å². The van der Waals surface area contributed by atoms with Gasteiger partial charge in [-0.2, -0.15) is 9.36 Å². The summed E-state index contributed by atoms with van der Waals surface area (Å²) in [6, 6.07) is -1.65. The van der Waals surface area contributed by atoms with Crippen LogP contribution in [0.25, 0.3) is 0 Å². The zero-order chi connectivity index (χ0) is 33.9. The van der Waals surface area contributed by atoms with E-state index in [9.17, 15) is 34.2 Å². The smallest absolute Gasteiger partial charge is 0.352 e. The van der Waals surface area contributed by atoms with Crippen LogP contribution in [-0.2, 0) is 37.6 Å². The molecule has 2 atom stereocenters. The highest BCUT2D eigenvalue weighted by atomic mass is 32.2. The molecule has 0 saturated carbocycles. The summed E-state index contributed by atoms with van der Waals surface area (Å²) in [7, 11) is 1.62. The number of oxime groups is 1. The summed E-state index contributed by atoms with van der Waals surface area (Å²) in [6.07, 6.45) is 2.13. The molecule has 46 heavy (non-hydrogen) atoms. The number of urea groups is 1. The molecule has 2 aliphatic rings. The van der Waals surface area contributed by atoms with Crippen LogP contribution in [0.1, 0.15) is 26.1 Å². The number of carboxylic acid groups (broad SMARTS) is 2. The topological polar surface area (TPSA) is 299 Å². The number of fused-ring (bicyclic) bond motifs is 1. The first-order chi connectivity index (χ1) is 21.7. The van der Waals surface area contributed by atoms with Crippen molar-refractivity contribution in [2.45, 2.75) is 43.8 Å². The van der Waals surface area contributed by atoms with Gasteiger partial charge < -0.3 is 42.9 Å². The monoisotopic (exact) mass is 681 g/mol. The predicted molar refractivity (Wildman–Crippen MR) is 164 cm³/mol. The van der Waals surface area contributed by atoms with E-state index in [1.807, 2.05) is 0 Å². The van der Waals surface area contributed by atoms with Gasteiger partial charge in [0.15, 0.2) is 23.2 Å². The van der Waals surface area contributed by atoms with Crippen molar-refractivity contribution in [1.82, 2.24) is 29.6 Å². The summed E-state index contributed by atoms with van der Waals surface area (Å²) in [4.78, 5) is 72.6. The van der Waals surface area contributed by atoms with E-state index >= 15 is 0 Å². The SMILES string of the molecule is Cn1c(N)c(NC(=O)NCCCN)c[n+]1CC1=C(C(=O)O)N2C(=O)[C@@H](NC(=O)/C(=N\OC(C)(C)C(=O)O)c3nsc(N)n3)[C@H]2SC1. The van der Waals surface area contributed by atoms with Crippen LogP contribution >= 0.6 is 23.3 Å². The average Bonchev–Trinajstić information content (AvgIpc) is 3.53. The van der Waals surface area contributed by atoms with Gasteiger partial charge in [0.25, 0.3) is 11.8 Å². The fraction of sp³-hybridized carbons (Fsp3) is 0.458. The number of amides is 4. The highest BCUT2D eigenvalue weighted by molar-refractivity contribution is 8.00. The lowest BCUT2D eigenvalue weighted by Crippen LogP contribution is -2.71. The molecule has 1 saturated heterocycles. The summed E-state index contributed by atoms with van der Waals surface area (Å²) < 4.78 is 7.03. The molecule has 1 fully saturated rings. The third-order valence-electron chi connectivity index (χ3n) is 6.84. The normalized spacial score (nSPS) is 18.0. The average molecular weight is 682 g/mol. The van der Waals surface area contributed by atoms with Gasteiger partial charge in [-0.05, 0) is 26.8 Å². The van der Waals surface area contributed by atoms with Crippen LogP contribution in [0, 0.1) is 0 Å². The number of thioether (sulfide) groups is 1. The van der Waals surface area contributed by atoms with Crippen LogP contribution in [0.5, 0.6) is 0 Å². The van der Waals surface area contributed by atoms with Crippen molar-refractivity contribution in [3.05, 3.63) is 23.3 Å². The first-order valence-electron chi connectivity index (χ1n) is 13.6. The molecule has 0 aromatic carbocycles. The van der Waals surface area contributed by atoms with E-state index < -0.39 is 52.5 Å². The number of nitrogen functional groups attached to an aromatic ring is 2. The molecule has 0 unspecified atom stereocenters. The van der Waals surface area contributed by atoms with Gasteiger partial charge in [-0.3, -0.25) is 19.8 Å². The number of aliphatic carboxylic acids is 2. The van der Waals surface area contributed by atoms with Crippen molar-refractivity contribution >= 4 is 75.4 Å². The quantitative estimate of drug-likeness (QED) is 0.0367. The maximum Gasteiger partial charge on any atom is 0.352 e. The molecule has 0 spiro atoms. The molecular formula is C24H33N12O8S2+. The van der Waals surface area contributed by atoms with Crippen LogP contribution in [0.15, 0.2) is 22.6 Å². The van der Waals surface area contributed by atoms with E-state index in [0.29, 0.717) is 30.8 Å². The molecule has 4 amide bonds. The number of carbonyl (C=O) groups excluding carboxylic acids is 3. The summed E-state index contributed by atoms with van der Waals surface area (Å²) in [6.45, 7) is 3.22. The number of nitrogens with zero attached hydrogens (tertiary/aromatic N) is 6. The Morgan fingerprint density at radius 3 is 2.59 bits per heavy atom. The molecule has 0 aliphatic carbocycles. The molecular weight excluding hydrogens is 648 g/mol. The zero-order valence-corrected chi connectivity index (χ0v) is 26.5. The third-order valence-corrected chi connectivity index (χ3v) is 8.72. The predicted octanol–water partition coefficient (Wildman–Crippen LogP) is -2.18. The number of carboxylic acids is 2. The van der Waals surface area contributed by atoms with Gasteiger partial charge in [0.2, 0.25) is 23.3 Å². The maximum absolute atomic E-state index is 13.3. The lowest BCUT2D eigenvalue weighted by atomic mass is 10.0. The van der Waals surface area contributed by atoms with Crippen LogP contribution in [-0.4, -0.2) is 101 Å². The number of aromatic nitrogens is 4. The summed E-state index contributed by atoms with van der Waals surface area (Å²) in [5, 5.41) is 30.1. The lowest BCUT2D eigenvalue weighted by molar-refractivity contribution is -0.765. The maximum atomic E-state index is 13.3. The molecule has 248 valence electrons. The van der Waals surface area contributed by atoms with Crippen molar-refractivity contribution in [2.75, 3.05) is 35.6 Å². The van der Waals surface area contributed by atoms with E-state index in [0.717, 1.165) is 16.4 Å². The Balaban J connectivity index is 1.52. The fourth-order valence-electron chi connectivity index (χ4n) is 4.26. The van der Waals surface area contributed by atoms with Crippen LogP contribution in [0.2, 0.25) is 0 Å². The highest BCUT2D eigenvalue weighted by Gasteiger charge is 2.55. The number of rotatable bonds is 13. The molecule has 0 radical (unpaired) electrons. The molecule has 2 aromatic heterocycles. The molecule has 4 heterocycles. The lowest BCUT2D eigenvalue weighted by Gasteiger charge is -2.49. The highest BCUT2D eigenvalue weighted by Crippen LogP contribution is 2.40. The van der Waals surface area contributed by atoms with Crippen molar-refractivity contribution in [1.29, 1.82) is 0 Å². The van der Waals surface area contributed by atoms with Crippen LogP contribution in [0.3, 0.4) is 0 Å². The Morgan fingerprint density at radius 1 is 1.26 bits per heavy atom. The third kappa shape index (κ3) is 6.97. The van der Waals surface area contributed by atoms with Gasteiger partial charge >= 0.3 is 18.0 Å². The van der Waals surface area contributed by atoms with Gasteiger partial charge in [0.1, 0.15) is 17.1 Å². The van der Waals surface area contributed by atoms with Crippen molar-refractivity contribution in [3.63, 3.8) is 0 Å². The number of nitrogens with two attached hydrogens (primary N) is 3. The molecule has 2 aliphatic heterocycles. The Kier molecular flexibility index (Phi) is 10.0. The number of β-lactam (4-membered cyclic amide) rings is 1. The molecule has 11 N–H and O–H groups in total. The first kappa shape index (κ1) is 33.9. The van der Waals surface area contributed by atoms with Crippen molar-refractivity contribution in [2.24, 2.45) is 17.9 Å². The number of nitrogens with one attached hydrogen (secondary N) is 3. The number of anilines is 3. The molecule has 2 aromatic rings.